The van der Waals surface area contributed by atoms with E-state index in [1.165, 1.54) is 17.4 Å². The fourth-order valence-corrected chi connectivity index (χ4v) is 5.01. The van der Waals surface area contributed by atoms with Crippen LogP contribution in [0.1, 0.15) is 12.8 Å². The lowest BCUT2D eigenvalue weighted by molar-refractivity contribution is 0.318. The summed E-state index contributed by atoms with van der Waals surface area (Å²) in [6, 6.07) is 18.1. The maximum Gasteiger partial charge on any atom is 0.336 e. The van der Waals surface area contributed by atoms with Gasteiger partial charge >= 0.3 is 5.69 Å². The minimum absolute atomic E-state index is 0.181. The summed E-state index contributed by atoms with van der Waals surface area (Å²) in [6.07, 6.45) is 2.39. The topological polar surface area (TPSA) is 46.7 Å². The summed E-state index contributed by atoms with van der Waals surface area (Å²) in [4.78, 5) is 29.0. The zero-order valence-electron chi connectivity index (χ0n) is 16.1. The third-order valence-electron chi connectivity index (χ3n) is 6.41. The zero-order chi connectivity index (χ0) is 19.5. The number of aromatic nitrogens is 2. The Kier molecular flexibility index (Phi) is 3.56. The molecule has 29 heavy (non-hydrogen) atoms. The molecule has 0 spiro atoms. The first-order valence-corrected chi connectivity index (χ1v) is 10.3. The highest BCUT2D eigenvalue weighted by atomic mass is 16.2. The highest BCUT2D eigenvalue weighted by Gasteiger charge is 2.20. The van der Waals surface area contributed by atoms with Gasteiger partial charge in [-0.2, -0.15) is 0 Å². The predicted octanol–water partition coefficient (Wildman–Crippen LogP) is 3.45. The summed E-state index contributed by atoms with van der Waals surface area (Å²) < 4.78 is 3.17. The lowest BCUT2D eigenvalue weighted by Gasteiger charge is -2.15. The van der Waals surface area contributed by atoms with Crippen molar-refractivity contribution in [3.05, 3.63) is 75.4 Å². The van der Waals surface area contributed by atoms with E-state index < -0.39 is 0 Å². The second-order valence-electron chi connectivity index (χ2n) is 8.01. The third-order valence-corrected chi connectivity index (χ3v) is 6.41. The van der Waals surface area contributed by atoms with Crippen molar-refractivity contribution in [2.24, 2.45) is 0 Å². The molecule has 3 heterocycles. The van der Waals surface area contributed by atoms with E-state index in [0.29, 0.717) is 11.9 Å². The van der Waals surface area contributed by atoms with Gasteiger partial charge in [0.1, 0.15) is 0 Å². The summed E-state index contributed by atoms with van der Waals surface area (Å²) in [5, 5.41) is 4.87. The van der Waals surface area contributed by atoms with E-state index in [1.807, 2.05) is 36.4 Å². The predicted molar refractivity (Wildman–Crippen MR) is 117 cm³/mol. The molecule has 0 saturated carbocycles. The molecule has 1 aliphatic rings. The Bertz CT molecular complexity index is 1510. The molecule has 0 bridgehead atoms. The average Bonchev–Trinajstić information content (AvgIpc) is 3.38. The Morgan fingerprint density at radius 3 is 2.38 bits per heavy atom. The van der Waals surface area contributed by atoms with Crippen LogP contribution in [0.25, 0.3) is 38.0 Å². The minimum atomic E-state index is -0.233. The Morgan fingerprint density at radius 2 is 1.52 bits per heavy atom. The third kappa shape index (κ3) is 2.31. The normalized spacial score (nSPS) is 15.4. The number of nitrogens with zero attached hydrogens (tertiary/aromatic N) is 3. The number of hydrogen-bond donors (Lipinski definition) is 0. The summed E-state index contributed by atoms with van der Waals surface area (Å²) >= 11 is 0. The van der Waals surface area contributed by atoms with Crippen LogP contribution in [0.3, 0.4) is 0 Å². The van der Waals surface area contributed by atoms with Crippen molar-refractivity contribution in [3.63, 3.8) is 0 Å². The van der Waals surface area contributed by atoms with Gasteiger partial charge in [-0.05, 0) is 48.8 Å². The van der Waals surface area contributed by atoms with Crippen LogP contribution in [-0.2, 0) is 6.54 Å². The van der Waals surface area contributed by atoms with E-state index >= 15 is 0 Å². The van der Waals surface area contributed by atoms with Crippen molar-refractivity contribution < 1.29 is 0 Å². The van der Waals surface area contributed by atoms with E-state index in [4.69, 9.17) is 0 Å². The molecule has 0 N–H and O–H groups in total. The number of likely N-dealkylation sites (tertiary alicyclic amines) is 1. The van der Waals surface area contributed by atoms with Gasteiger partial charge in [0.25, 0.3) is 5.56 Å². The van der Waals surface area contributed by atoms with Crippen molar-refractivity contribution in [2.75, 3.05) is 19.6 Å². The molecular formula is C24H21N3O2. The molecule has 3 aromatic carbocycles. The van der Waals surface area contributed by atoms with E-state index in [-0.39, 0.29) is 11.2 Å². The smallest absolute Gasteiger partial charge is 0.302 e. The molecule has 5 nitrogen and oxygen atoms in total. The maximum atomic E-state index is 13.5. The van der Waals surface area contributed by atoms with Crippen LogP contribution in [-0.4, -0.2) is 33.5 Å². The fourth-order valence-electron chi connectivity index (χ4n) is 5.01. The molecule has 2 aromatic heterocycles. The summed E-state index contributed by atoms with van der Waals surface area (Å²) in [6.45, 7) is 3.27. The van der Waals surface area contributed by atoms with E-state index in [9.17, 15) is 9.59 Å². The van der Waals surface area contributed by atoms with E-state index in [1.54, 1.807) is 4.40 Å². The number of rotatable bonds is 3. The van der Waals surface area contributed by atoms with Gasteiger partial charge in [0, 0.05) is 23.9 Å². The molecule has 5 aromatic rings. The average molecular weight is 383 g/mol. The maximum absolute atomic E-state index is 13.5. The Labute approximate surface area is 166 Å². The van der Waals surface area contributed by atoms with Gasteiger partial charge < -0.3 is 4.90 Å². The van der Waals surface area contributed by atoms with E-state index in [0.717, 1.165) is 52.2 Å². The van der Waals surface area contributed by atoms with Crippen molar-refractivity contribution in [3.8, 4) is 0 Å². The molecule has 1 aliphatic heterocycles. The Hall–Kier alpha value is -3.18. The van der Waals surface area contributed by atoms with Crippen LogP contribution in [0.15, 0.2) is 64.2 Å². The van der Waals surface area contributed by atoms with Crippen molar-refractivity contribution in [1.29, 1.82) is 0 Å². The molecule has 1 fully saturated rings. The highest BCUT2D eigenvalue weighted by molar-refractivity contribution is 6.23. The van der Waals surface area contributed by atoms with Crippen LogP contribution < -0.4 is 11.2 Å². The van der Waals surface area contributed by atoms with Crippen LogP contribution in [0, 0.1) is 0 Å². The summed E-state index contributed by atoms with van der Waals surface area (Å²) in [7, 11) is 0. The first-order chi connectivity index (χ1) is 14.2. The summed E-state index contributed by atoms with van der Waals surface area (Å²) in [5.74, 6) is 0. The van der Waals surface area contributed by atoms with Crippen molar-refractivity contribution in [2.45, 2.75) is 19.4 Å². The molecule has 0 amide bonds. The quantitative estimate of drug-likeness (QED) is 0.479. The lowest BCUT2D eigenvalue weighted by atomic mass is 10.0. The second kappa shape index (κ2) is 6.16. The van der Waals surface area contributed by atoms with Gasteiger partial charge in [0.2, 0.25) is 0 Å². The molecule has 0 radical (unpaired) electrons. The van der Waals surface area contributed by atoms with Crippen LogP contribution in [0.4, 0.5) is 0 Å². The molecule has 6 rings (SSSR count). The van der Waals surface area contributed by atoms with Gasteiger partial charge in [-0.1, -0.05) is 42.5 Å². The molecule has 0 atom stereocenters. The monoisotopic (exact) mass is 383 g/mol. The van der Waals surface area contributed by atoms with Crippen molar-refractivity contribution in [1.82, 2.24) is 13.9 Å². The van der Waals surface area contributed by atoms with Gasteiger partial charge in [0.15, 0.2) is 0 Å². The van der Waals surface area contributed by atoms with Crippen LogP contribution >= 0.6 is 0 Å². The highest BCUT2D eigenvalue weighted by Crippen LogP contribution is 2.34. The molecule has 0 unspecified atom stereocenters. The lowest BCUT2D eigenvalue weighted by Crippen LogP contribution is -2.40. The van der Waals surface area contributed by atoms with E-state index in [2.05, 4.69) is 23.1 Å². The van der Waals surface area contributed by atoms with Crippen LogP contribution in [0.5, 0.6) is 0 Å². The SMILES string of the molecule is O=c1c2cccc3c4c5ccccc5ccc4n(c(=O)n1CCN1CCCC1)c23. The molecular weight excluding hydrogens is 362 g/mol. The molecule has 144 valence electrons. The number of hydrogen-bond acceptors (Lipinski definition) is 3. The fraction of sp³-hybridized carbons (Fsp3) is 0.250. The molecule has 5 heteroatoms. The number of fused-ring (bicyclic) bond motifs is 5. The van der Waals surface area contributed by atoms with Gasteiger partial charge in [0.05, 0.1) is 16.4 Å². The number of para-hydroxylation sites is 1. The molecule has 1 saturated heterocycles. The minimum Gasteiger partial charge on any atom is -0.302 e. The van der Waals surface area contributed by atoms with Crippen molar-refractivity contribution >= 4 is 38.0 Å². The Morgan fingerprint density at radius 1 is 0.759 bits per heavy atom. The van der Waals surface area contributed by atoms with Gasteiger partial charge in [-0.25, -0.2) is 4.79 Å². The van der Waals surface area contributed by atoms with Gasteiger partial charge in [-0.15, -0.1) is 0 Å². The zero-order valence-corrected chi connectivity index (χ0v) is 16.1. The first kappa shape index (κ1) is 16.7. The number of benzene rings is 3. The van der Waals surface area contributed by atoms with Crippen LogP contribution in [0.2, 0.25) is 0 Å². The largest absolute Gasteiger partial charge is 0.336 e. The standard InChI is InChI=1S/C24H21N3O2/c28-23-19-9-5-8-18-21-17-7-2-1-6-16(17)10-11-20(21)27(22(18)19)24(29)26(23)15-14-25-12-3-4-13-25/h1-2,5-11H,3-4,12-15H2. The molecule has 0 aliphatic carbocycles. The van der Waals surface area contributed by atoms with Gasteiger partial charge in [-0.3, -0.25) is 13.8 Å². The second-order valence-corrected chi connectivity index (χ2v) is 8.01. The first-order valence-electron chi connectivity index (χ1n) is 10.3. The Balaban J connectivity index is 1.71. The summed E-state index contributed by atoms with van der Waals surface area (Å²) in [5.41, 5.74) is 1.20.